The molecule has 1 aliphatic rings. The average molecular weight is 263 g/mol. The molecule has 0 saturated carbocycles. The zero-order valence-corrected chi connectivity index (χ0v) is 11.9. The molecule has 0 aromatic heterocycles. The first-order chi connectivity index (χ1) is 7.85. The molecule has 17 heavy (non-hydrogen) atoms. The van der Waals surface area contributed by atoms with Gasteiger partial charge in [-0.25, -0.2) is 0 Å². The Kier molecular flexibility index (Phi) is 4.97. The zero-order valence-electron chi connectivity index (χ0n) is 11.1. The van der Waals surface area contributed by atoms with Crippen molar-refractivity contribution < 1.29 is 18.8 Å². The third-order valence-electron chi connectivity index (χ3n) is 2.63. The summed E-state index contributed by atoms with van der Waals surface area (Å²) in [5.74, 6) is -0.890. The lowest BCUT2D eigenvalue weighted by molar-refractivity contribution is -0.177. The first-order valence-electron chi connectivity index (χ1n) is 5.54. The fraction of sp³-hybridized carbons (Fsp3) is 0.909. The molecule has 1 fully saturated rings. The minimum Gasteiger partial charge on any atom is -0.591 e. The van der Waals surface area contributed by atoms with E-state index in [1.807, 2.05) is 20.8 Å². The molecule has 100 valence electrons. The molecule has 6 heteroatoms. The predicted octanol–water partition coefficient (Wildman–Crippen LogP) is 1.30. The Morgan fingerprint density at radius 3 is 2.41 bits per heavy atom. The molecule has 0 spiro atoms. The summed E-state index contributed by atoms with van der Waals surface area (Å²) in [6.45, 7) is 6.46. The van der Waals surface area contributed by atoms with E-state index in [1.54, 1.807) is 14.2 Å². The van der Waals surface area contributed by atoms with Gasteiger partial charge in [0.2, 0.25) is 5.79 Å². The van der Waals surface area contributed by atoms with Gasteiger partial charge >= 0.3 is 0 Å². The molecule has 0 aliphatic carbocycles. The number of nitrogens with zero attached hydrogens (tertiary/aromatic N) is 1. The Bertz CT molecular complexity index is 284. The number of hydrogen-bond acceptors (Lipinski definition) is 5. The third-order valence-corrected chi connectivity index (χ3v) is 4.06. The SMILES string of the molecule is COC1(OC)CCOCC1=N[S+]([O-])C(C)(C)C. The van der Waals surface area contributed by atoms with Crippen LogP contribution in [0.25, 0.3) is 0 Å². The van der Waals surface area contributed by atoms with Gasteiger partial charge in [0.15, 0.2) is 5.71 Å². The van der Waals surface area contributed by atoms with E-state index in [0.29, 0.717) is 25.3 Å². The Hall–Kier alpha value is -0.140. The van der Waals surface area contributed by atoms with Crippen molar-refractivity contribution in [3.05, 3.63) is 0 Å². The minimum atomic E-state index is -1.34. The van der Waals surface area contributed by atoms with Crippen molar-refractivity contribution in [3.8, 4) is 0 Å². The van der Waals surface area contributed by atoms with Crippen molar-refractivity contribution in [2.45, 2.75) is 37.7 Å². The number of ether oxygens (including phenoxy) is 3. The lowest BCUT2D eigenvalue weighted by atomic mass is 10.1. The Balaban J connectivity index is 2.95. The van der Waals surface area contributed by atoms with Gasteiger partial charge in [0.1, 0.15) is 16.1 Å². The second-order valence-corrected chi connectivity index (χ2v) is 6.77. The highest BCUT2D eigenvalue weighted by atomic mass is 32.2. The summed E-state index contributed by atoms with van der Waals surface area (Å²) >= 11 is -1.34. The quantitative estimate of drug-likeness (QED) is 0.569. The molecule has 0 N–H and O–H groups in total. The lowest BCUT2D eigenvalue weighted by Crippen LogP contribution is -2.50. The highest BCUT2D eigenvalue weighted by Gasteiger charge is 2.42. The van der Waals surface area contributed by atoms with Gasteiger partial charge in [0.25, 0.3) is 0 Å². The summed E-state index contributed by atoms with van der Waals surface area (Å²) in [7, 11) is 3.12. The molecule has 1 unspecified atom stereocenters. The number of hydrogen-bond donors (Lipinski definition) is 0. The van der Waals surface area contributed by atoms with Crippen molar-refractivity contribution >= 4 is 17.1 Å². The van der Waals surface area contributed by atoms with Gasteiger partial charge in [-0.15, -0.1) is 0 Å². The highest BCUT2D eigenvalue weighted by molar-refractivity contribution is 7.91. The van der Waals surface area contributed by atoms with E-state index in [1.165, 1.54) is 0 Å². The molecule has 1 rings (SSSR count). The summed E-state index contributed by atoms with van der Waals surface area (Å²) in [5.41, 5.74) is 0.557. The van der Waals surface area contributed by atoms with Gasteiger partial charge < -0.3 is 18.8 Å². The maximum absolute atomic E-state index is 12.0. The van der Waals surface area contributed by atoms with E-state index in [4.69, 9.17) is 14.2 Å². The van der Waals surface area contributed by atoms with Crippen molar-refractivity contribution in [1.82, 2.24) is 0 Å². The standard InChI is InChI=1S/C11H21NO4S/c1-10(2,3)17(13)12-9-8-16-7-6-11(9,14-4)15-5/h6-8H2,1-5H3. The second-order valence-electron chi connectivity index (χ2n) is 4.86. The van der Waals surface area contributed by atoms with Gasteiger partial charge in [-0.3, -0.25) is 0 Å². The maximum Gasteiger partial charge on any atom is 0.216 e. The Labute approximate surface area is 106 Å². The fourth-order valence-corrected chi connectivity index (χ4v) is 2.15. The Morgan fingerprint density at radius 1 is 1.35 bits per heavy atom. The van der Waals surface area contributed by atoms with Gasteiger partial charge in [0.05, 0.1) is 13.2 Å². The van der Waals surface area contributed by atoms with Crippen LogP contribution >= 0.6 is 0 Å². The van der Waals surface area contributed by atoms with E-state index < -0.39 is 21.9 Å². The largest absolute Gasteiger partial charge is 0.591 e. The Morgan fingerprint density at radius 2 is 1.94 bits per heavy atom. The van der Waals surface area contributed by atoms with Crippen molar-refractivity contribution in [2.75, 3.05) is 27.4 Å². The van der Waals surface area contributed by atoms with Crippen LogP contribution < -0.4 is 0 Å². The van der Waals surface area contributed by atoms with Gasteiger partial charge in [-0.05, 0) is 20.8 Å². The molecule has 0 bridgehead atoms. The summed E-state index contributed by atoms with van der Waals surface area (Å²) in [6.07, 6.45) is 0.556. The van der Waals surface area contributed by atoms with Crippen LogP contribution in [0.5, 0.6) is 0 Å². The van der Waals surface area contributed by atoms with Crippen LogP contribution in [-0.2, 0) is 25.6 Å². The summed E-state index contributed by atoms with van der Waals surface area (Å²) in [6, 6.07) is 0. The van der Waals surface area contributed by atoms with E-state index >= 15 is 0 Å². The smallest absolute Gasteiger partial charge is 0.216 e. The molecule has 1 aliphatic heterocycles. The average Bonchev–Trinajstić information content (AvgIpc) is 2.29. The monoisotopic (exact) mass is 263 g/mol. The van der Waals surface area contributed by atoms with Gasteiger partial charge in [-0.1, -0.05) is 4.40 Å². The van der Waals surface area contributed by atoms with E-state index in [-0.39, 0.29) is 0 Å². The van der Waals surface area contributed by atoms with Crippen molar-refractivity contribution in [2.24, 2.45) is 4.40 Å². The molecule has 1 atom stereocenters. The van der Waals surface area contributed by atoms with E-state index in [0.717, 1.165) is 0 Å². The van der Waals surface area contributed by atoms with Crippen LogP contribution in [0.2, 0.25) is 0 Å². The summed E-state index contributed by atoms with van der Waals surface area (Å²) < 4.78 is 31.9. The van der Waals surface area contributed by atoms with E-state index in [2.05, 4.69) is 4.40 Å². The van der Waals surface area contributed by atoms with Crippen molar-refractivity contribution in [3.63, 3.8) is 0 Å². The normalized spacial score (nSPS) is 24.9. The molecular weight excluding hydrogens is 242 g/mol. The summed E-state index contributed by atoms with van der Waals surface area (Å²) in [5, 5.41) is 0. The lowest BCUT2D eigenvalue weighted by Gasteiger charge is -2.35. The number of methoxy groups -OCH3 is 2. The van der Waals surface area contributed by atoms with Gasteiger partial charge in [0, 0.05) is 20.6 Å². The number of rotatable bonds is 3. The molecular formula is C11H21NO4S. The molecule has 1 heterocycles. The topological polar surface area (TPSA) is 63.1 Å². The van der Waals surface area contributed by atoms with Crippen LogP contribution in [-0.4, -0.2) is 48.2 Å². The van der Waals surface area contributed by atoms with Crippen LogP contribution in [0.1, 0.15) is 27.2 Å². The zero-order chi connectivity index (χ0) is 13.1. The second kappa shape index (κ2) is 5.67. The van der Waals surface area contributed by atoms with Crippen LogP contribution in [0.15, 0.2) is 4.40 Å². The predicted molar refractivity (Wildman–Crippen MR) is 67.5 cm³/mol. The molecule has 1 saturated heterocycles. The van der Waals surface area contributed by atoms with Crippen LogP contribution in [0.3, 0.4) is 0 Å². The minimum absolute atomic E-state index is 0.295. The molecule has 0 amide bonds. The molecule has 0 aromatic carbocycles. The fourth-order valence-electron chi connectivity index (χ4n) is 1.49. The van der Waals surface area contributed by atoms with Crippen LogP contribution in [0, 0.1) is 0 Å². The molecule has 0 aromatic rings. The maximum atomic E-state index is 12.0. The van der Waals surface area contributed by atoms with Gasteiger partial charge in [-0.2, -0.15) is 0 Å². The molecule has 0 radical (unpaired) electrons. The summed E-state index contributed by atoms with van der Waals surface area (Å²) in [4.78, 5) is 0. The first kappa shape index (κ1) is 14.9. The third kappa shape index (κ3) is 3.42. The molecule has 5 nitrogen and oxygen atoms in total. The van der Waals surface area contributed by atoms with Crippen molar-refractivity contribution in [1.29, 1.82) is 0 Å². The highest BCUT2D eigenvalue weighted by Crippen LogP contribution is 2.26. The van der Waals surface area contributed by atoms with Crippen LogP contribution in [0.4, 0.5) is 0 Å². The first-order valence-corrected chi connectivity index (χ1v) is 6.64. The van der Waals surface area contributed by atoms with E-state index in [9.17, 15) is 4.55 Å².